The zero-order valence-corrected chi connectivity index (χ0v) is 17.6. The molecule has 1 aromatic heterocycles. The number of ether oxygens (including phenoxy) is 1. The summed E-state index contributed by atoms with van der Waals surface area (Å²) in [6, 6.07) is 25.7. The van der Waals surface area contributed by atoms with E-state index in [1.165, 1.54) is 11.8 Å². The van der Waals surface area contributed by atoms with E-state index in [1.54, 1.807) is 42.5 Å². The summed E-state index contributed by atoms with van der Waals surface area (Å²) < 4.78 is 5.78. The summed E-state index contributed by atoms with van der Waals surface area (Å²) >= 11 is 0. The molecule has 0 fully saturated rings. The van der Waals surface area contributed by atoms with Gasteiger partial charge < -0.3 is 15.2 Å². The maximum Gasteiger partial charge on any atom is 0.373 e. The number of nitrogens with one attached hydrogen (secondary N) is 1. The monoisotopic (exact) mass is 439 g/mol. The van der Waals surface area contributed by atoms with Crippen molar-refractivity contribution >= 4 is 17.6 Å². The van der Waals surface area contributed by atoms with E-state index in [1.807, 2.05) is 30.3 Å². The smallest absolute Gasteiger partial charge is 0.373 e. The first-order chi connectivity index (χ1) is 16.1. The second-order valence-electron chi connectivity index (χ2n) is 7.21. The van der Waals surface area contributed by atoms with Crippen LogP contribution in [-0.4, -0.2) is 33.6 Å². The number of rotatable bonds is 8. The maximum absolute atomic E-state index is 12.7. The fraction of sp³-hybridized carbons (Fsp3) is 0.0769. The van der Waals surface area contributed by atoms with E-state index in [0.29, 0.717) is 29.1 Å². The molecule has 4 aromatic rings. The van der Waals surface area contributed by atoms with E-state index in [0.717, 1.165) is 12.2 Å². The summed E-state index contributed by atoms with van der Waals surface area (Å²) in [4.78, 5) is 31.6. The van der Waals surface area contributed by atoms with Crippen LogP contribution in [0.4, 0.5) is 5.69 Å². The number of hydrogen-bond donors (Lipinski definition) is 2. The summed E-state index contributed by atoms with van der Waals surface area (Å²) in [5.74, 6) is -1.07. The van der Waals surface area contributed by atoms with Crippen LogP contribution in [0.1, 0.15) is 26.5 Å². The molecule has 0 saturated carbocycles. The molecule has 164 valence electrons. The van der Waals surface area contributed by atoms with Crippen LogP contribution in [0, 0.1) is 0 Å². The SMILES string of the molecule is O=C(Nc1ccc(OCCc2ccccc2)cc1)c1cccc(-c2ccnc(C(=O)O)n2)c1. The van der Waals surface area contributed by atoms with Gasteiger partial charge >= 0.3 is 5.97 Å². The van der Waals surface area contributed by atoms with Gasteiger partial charge in [-0.05, 0) is 48.0 Å². The van der Waals surface area contributed by atoms with Crippen molar-refractivity contribution in [3.8, 4) is 17.0 Å². The van der Waals surface area contributed by atoms with Crippen LogP contribution >= 0.6 is 0 Å². The first-order valence-corrected chi connectivity index (χ1v) is 10.3. The number of hydrogen-bond acceptors (Lipinski definition) is 5. The largest absolute Gasteiger partial charge is 0.493 e. The van der Waals surface area contributed by atoms with Crippen LogP contribution in [0.25, 0.3) is 11.3 Å². The quantitative estimate of drug-likeness (QED) is 0.412. The van der Waals surface area contributed by atoms with E-state index < -0.39 is 5.97 Å². The van der Waals surface area contributed by atoms with Crippen LogP contribution in [0.3, 0.4) is 0 Å². The van der Waals surface area contributed by atoms with Crippen molar-refractivity contribution < 1.29 is 19.4 Å². The van der Waals surface area contributed by atoms with Gasteiger partial charge in [-0.2, -0.15) is 0 Å². The second kappa shape index (κ2) is 10.2. The molecule has 1 amide bonds. The van der Waals surface area contributed by atoms with Crippen molar-refractivity contribution in [3.05, 3.63) is 108 Å². The Kier molecular flexibility index (Phi) is 6.70. The van der Waals surface area contributed by atoms with Gasteiger partial charge in [-0.25, -0.2) is 14.8 Å². The lowest BCUT2D eigenvalue weighted by Gasteiger charge is -2.09. The van der Waals surface area contributed by atoms with Gasteiger partial charge in [0.25, 0.3) is 5.91 Å². The Balaban J connectivity index is 1.37. The molecule has 0 spiro atoms. The van der Waals surface area contributed by atoms with Crippen LogP contribution in [0.2, 0.25) is 0 Å². The number of nitrogens with zero attached hydrogens (tertiary/aromatic N) is 2. The summed E-state index contributed by atoms with van der Waals surface area (Å²) in [5, 5.41) is 11.9. The molecule has 33 heavy (non-hydrogen) atoms. The third-order valence-corrected chi connectivity index (χ3v) is 4.88. The minimum atomic E-state index is -1.21. The molecule has 0 aliphatic rings. The maximum atomic E-state index is 12.7. The molecule has 7 heteroatoms. The van der Waals surface area contributed by atoms with Crippen LogP contribution in [0.5, 0.6) is 5.75 Å². The first kappa shape index (κ1) is 21.7. The van der Waals surface area contributed by atoms with E-state index in [9.17, 15) is 9.59 Å². The number of anilines is 1. The number of aromatic nitrogens is 2. The zero-order chi connectivity index (χ0) is 23.0. The van der Waals surface area contributed by atoms with Gasteiger partial charge in [-0.1, -0.05) is 42.5 Å². The van der Waals surface area contributed by atoms with Crippen molar-refractivity contribution in [3.63, 3.8) is 0 Å². The van der Waals surface area contributed by atoms with E-state index in [-0.39, 0.29) is 11.7 Å². The molecule has 0 unspecified atom stereocenters. The molecular weight excluding hydrogens is 418 g/mol. The highest BCUT2D eigenvalue weighted by atomic mass is 16.5. The van der Waals surface area contributed by atoms with Crippen LogP contribution in [0.15, 0.2) is 91.1 Å². The summed E-state index contributed by atoms with van der Waals surface area (Å²) in [5.41, 5.74) is 3.32. The van der Waals surface area contributed by atoms with Crippen LogP contribution in [-0.2, 0) is 6.42 Å². The fourth-order valence-corrected chi connectivity index (χ4v) is 3.21. The molecule has 0 radical (unpaired) electrons. The molecule has 7 nitrogen and oxygen atoms in total. The highest BCUT2D eigenvalue weighted by Gasteiger charge is 2.11. The second-order valence-corrected chi connectivity index (χ2v) is 7.21. The minimum Gasteiger partial charge on any atom is -0.493 e. The summed E-state index contributed by atoms with van der Waals surface area (Å²) in [7, 11) is 0. The first-order valence-electron chi connectivity index (χ1n) is 10.3. The van der Waals surface area contributed by atoms with Crippen molar-refractivity contribution in [2.45, 2.75) is 6.42 Å². The third kappa shape index (κ3) is 5.80. The molecular formula is C26H21N3O4. The molecule has 0 bridgehead atoms. The van der Waals surface area contributed by atoms with Gasteiger partial charge in [-0.15, -0.1) is 0 Å². The predicted octanol–water partition coefficient (Wildman–Crippen LogP) is 4.72. The topological polar surface area (TPSA) is 101 Å². The third-order valence-electron chi connectivity index (χ3n) is 4.88. The van der Waals surface area contributed by atoms with E-state index >= 15 is 0 Å². The van der Waals surface area contributed by atoms with Crippen molar-refractivity contribution in [1.29, 1.82) is 0 Å². The molecule has 0 aliphatic heterocycles. The van der Waals surface area contributed by atoms with Crippen LogP contribution < -0.4 is 10.1 Å². The Hall–Kier alpha value is -4.52. The fourth-order valence-electron chi connectivity index (χ4n) is 3.21. The number of aromatic carboxylic acids is 1. The minimum absolute atomic E-state index is 0.290. The lowest BCUT2D eigenvalue weighted by molar-refractivity contribution is 0.0683. The number of carboxylic acids is 1. The molecule has 2 N–H and O–H groups in total. The van der Waals surface area contributed by atoms with Crippen molar-refractivity contribution in [2.75, 3.05) is 11.9 Å². The molecule has 3 aromatic carbocycles. The van der Waals surface area contributed by atoms with E-state index in [4.69, 9.17) is 9.84 Å². The van der Waals surface area contributed by atoms with E-state index in [2.05, 4.69) is 27.4 Å². The Morgan fingerprint density at radius 1 is 0.909 bits per heavy atom. The van der Waals surface area contributed by atoms with Gasteiger partial charge in [0, 0.05) is 29.4 Å². The number of carboxylic acid groups (broad SMARTS) is 1. The van der Waals surface area contributed by atoms with Gasteiger partial charge in [0.2, 0.25) is 5.82 Å². The summed E-state index contributed by atoms with van der Waals surface area (Å²) in [6.07, 6.45) is 2.19. The van der Waals surface area contributed by atoms with Gasteiger partial charge in [0.15, 0.2) is 0 Å². The number of amides is 1. The van der Waals surface area contributed by atoms with Gasteiger partial charge in [-0.3, -0.25) is 4.79 Å². The average Bonchev–Trinajstić information content (AvgIpc) is 2.86. The Bertz CT molecular complexity index is 1260. The van der Waals surface area contributed by atoms with Gasteiger partial charge in [0.05, 0.1) is 12.3 Å². The highest BCUT2D eigenvalue weighted by Crippen LogP contribution is 2.20. The zero-order valence-electron chi connectivity index (χ0n) is 17.6. The average molecular weight is 439 g/mol. The predicted molar refractivity (Wildman–Crippen MR) is 124 cm³/mol. The molecule has 0 saturated heterocycles. The lowest BCUT2D eigenvalue weighted by Crippen LogP contribution is -2.12. The van der Waals surface area contributed by atoms with Crippen molar-refractivity contribution in [2.24, 2.45) is 0 Å². The Morgan fingerprint density at radius 3 is 2.45 bits per heavy atom. The summed E-state index contributed by atoms with van der Waals surface area (Å²) in [6.45, 7) is 0.565. The highest BCUT2D eigenvalue weighted by molar-refractivity contribution is 6.05. The number of carbonyl (C=O) groups is 2. The van der Waals surface area contributed by atoms with Gasteiger partial charge in [0.1, 0.15) is 5.75 Å². The Morgan fingerprint density at radius 2 is 1.70 bits per heavy atom. The van der Waals surface area contributed by atoms with Crippen molar-refractivity contribution in [1.82, 2.24) is 9.97 Å². The molecule has 0 aliphatic carbocycles. The molecule has 0 atom stereocenters. The molecule has 1 heterocycles. The molecule has 4 rings (SSSR count). The normalized spacial score (nSPS) is 10.4. The number of carbonyl (C=O) groups excluding carboxylic acids is 1. The Labute approximate surface area is 190 Å². The number of benzene rings is 3. The lowest BCUT2D eigenvalue weighted by atomic mass is 10.1. The standard InChI is InChI=1S/C26H21N3O4/c30-25(20-8-4-7-19(17-20)23-13-15-27-24(29-23)26(31)32)28-21-9-11-22(12-10-21)33-16-14-18-5-2-1-3-6-18/h1-13,15,17H,14,16H2,(H,28,30)(H,31,32).